The van der Waals surface area contributed by atoms with Crippen LogP contribution in [0.25, 0.3) is 0 Å². The highest BCUT2D eigenvalue weighted by molar-refractivity contribution is 5.76. The van der Waals surface area contributed by atoms with Crippen LogP contribution in [0.5, 0.6) is 0 Å². The third kappa shape index (κ3) is 29.2. The molecule has 4 N–H and O–H groups in total. The molecule has 1 amide bonds. The summed E-state index contributed by atoms with van der Waals surface area (Å²) in [4.78, 5) is 12.3. The Bertz CT molecular complexity index is 530. The molecule has 3 unspecified atom stereocenters. The van der Waals surface area contributed by atoms with Crippen LogP contribution in [0.1, 0.15) is 200 Å². The van der Waals surface area contributed by atoms with Crippen molar-refractivity contribution in [3.63, 3.8) is 0 Å². The number of aliphatic hydroxyl groups is 3. The summed E-state index contributed by atoms with van der Waals surface area (Å²) in [5.41, 5.74) is 0. The van der Waals surface area contributed by atoms with Crippen LogP contribution in [0.2, 0.25) is 0 Å². The first-order valence-electron chi connectivity index (χ1n) is 18.3. The molecule has 0 aliphatic heterocycles. The largest absolute Gasteiger partial charge is 0.394 e. The lowest BCUT2D eigenvalue weighted by atomic mass is 10.0. The van der Waals surface area contributed by atoms with Crippen molar-refractivity contribution in [2.75, 3.05) is 6.61 Å². The zero-order valence-electron chi connectivity index (χ0n) is 27.7. The number of hydrogen-bond donors (Lipinski definition) is 4. The van der Waals surface area contributed by atoms with Gasteiger partial charge in [-0.3, -0.25) is 4.79 Å². The van der Waals surface area contributed by atoms with E-state index in [0.29, 0.717) is 12.8 Å². The Labute approximate surface area is 256 Å². The molecule has 0 rings (SSSR count). The van der Waals surface area contributed by atoms with Crippen molar-refractivity contribution in [1.82, 2.24) is 5.32 Å². The van der Waals surface area contributed by atoms with Crippen LogP contribution in [0.3, 0.4) is 0 Å². The van der Waals surface area contributed by atoms with Crippen LogP contribution in [0.15, 0.2) is 0 Å². The number of rotatable bonds is 33. The third-order valence-corrected chi connectivity index (χ3v) is 8.67. The van der Waals surface area contributed by atoms with E-state index in [1.807, 2.05) is 0 Å². The fourth-order valence-corrected chi connectivity index (χ4v) is 5.82. The Morgan fingerprint density at radius 3 is 1.17 bits per heavy atom. The molecule has 0 aromatic carbocycles. The molecular formula is C36H73NO4. The first-order chi connectivity index (χ1) is 20.0. The molecule has 0 aromatic rings. The number of nitrogens with one attached hydrogen (secondary N) is 1. The van der Waals surface area contributed by atoms with Crippen molar-refractivity contribution in [2.24, 2.45) is 0 Å². The molecule has 0 radical (unpaired) electrons. The van der Waals surface area contributed by atoms with Gasteiger partial charge in [-0.2, -0.15) is 0 Å². The topological polar surface area (TPSA) is 89.8 Å². The van der Waals surface area contributed by atoms with E-state index >= 15 is 0 Å². The molecule has 3 atom stereocenters. The SMILES string of the molecule is CCCCCCCCCCCCCCCCCCC(O)C(CO)NC(=O)CC(O)CCCCCCCCCCCC. The van der Waals surface area contributed by atoms with E-state index in [0.717, 1.165) is 25.7 Å². The number of amides is 1. The number of carbonyl (C=O) groups is 1. The molecule has 246 valence electrons. The molecule has 0 spiro atoms. The van der Waals surface area contributed by atoms with Crippen LogP contribution in [0.4, 0.5) is 0 Å². The maximum Gasteiger partial charge on any atom is 0.222 e. The fraction of sp³-hybridized carbons (Fsp3) is 0.972. The zero-order valence-corrected chi connectivity index (χ0v) is 27.7. The molecule has 0 aromatic heterocycles. The predicted octanol–water partition coefficient (Wildman–Crippen LogP) is 9.54. The first-order valence-corrected chi connectivity index (χ1v) is 18.3. The summed E-state index contributed by atoms with van der Waals surface area (Å²) in [7, 11) is 0. The van der Waals surface area contributed by atoms with Gasteiger partial charge in [0.25, 0.3) is 0 Å². The lowest BCUT2D eigenvalue weighted by molar-refractivity contribution is -0.125. The van der Waals surface area contributed by atoms with Crippen molar-refractivity contribution in [2.45, 2.75) is 218 Å². The minimum Gasteiger partial charge on any atom is -0.394 e. The average molecular weight is 584 g/mol. The van der Waals surface area contributed by atoms with Gasteiger partial charge < -0.3 is 20.6 Å². The van der Waals surface area contributed by atoms with Crippen molar-refractivity contribution in [3.8, 4) is 0 Å². The second-order valence-corrected chi connectivity index (χ2v) is 12.8. The summed E-state index contributed by atoms with van der Waals surface area (Å²) < 4.78 is 0. The first kappa shape index (κ1) is 40.4. The van der Waals surface area contributed by atoms with Crippen LogP contribution in [0, 0.1) is 0 Å². The third-order valence-electron chi connectivity index (χ3n) is 8.67. The molecule has 0 fully saturated rings. The summed E-state index contributed by atoms with van der Waals surface area (Å²) in [6, 6.07) is -0.650. The van der Waals surface area contributed by atoms with Crippen molar-refractivity contribution in [3.05, 3.63) is 0 Å². The van der Waals surface area contributed by atoms with Crippen LogP contribution >= 0.6 is 0 Å². The predicted molar refractivity (Wildman–Crippen MR) is 176 cm³/mol. The second-order valence-electron chi connectivity index (χ2n) is 12.8. The molecule has 0 bridgehead atoms. The Balaban J connectivity index is 3.64. The number of aliphatic hydroxyl groups excluding tert-OH is 3. The number of hydrogen-bond acceptors (Lipinski definition) is 4. The lowest BCUT2D eigenvalue weighted by Gasteiger charge is -2.23. The maximum atomic E-state index is 12.3. The molecule has 0 aliphatic carbocycles. The van der Waals surface area contributed by atoms with Crippen molar-refractivity contribution < 1.29 is 20.1 Å². The Morgan fingerprint density at radius 1 is 0.512 bits per heavy atom. The van der Waals surface area contributed by atoms with Gasteiger partial charge in [0.05, 0.1) is 31.3 Å². The molecule has 5 nitrogen and oxygen atoms in total. The Hall–Kier alpha value is -0.650. The van der Waals surface area contributed by atoms with Gasteiger partial charge in [-0.25, -0.2) is 0 Å². The van der Waals surface area contributed by atoms with Gasteiger partial charge in [-0.15, -0.1) is 0 Å². The highest BCUT2D eigenvalue weighted by atomic mass is 16.3. The van der Waals surface area contributed by atoms with E-state index in [9.17, 15) is 20.1 Å². The van der Waals surface area contributed by atoms with Gasteiger partial charge in [0.2, 0.25) is 5.91 Å². The monoisotopic (exact) mass is 584 g/mol. The summed E-state index contributed by atoms with van der Waals surface area (Å²) >= 11 is 0. The van der Waals surface area contributed by atoms with E-state index in [4.69, 9.17) is 0 Å². The smallest absolute Gasteiger partial charge is 0.222 e. The molecule has 0 aliphatic rings. The lowest BCUT2D eigenvalue weighted by Crippen LogP contribution is -2.46. The fourth-order valence-electron chi connectivity index (χ4n) is 5.82. The number of unbranched alkanes of at least 4 members (excludes halogenated alkanes) is 24. The quantitative estimate of drug-likeness (QED) is 0.0579. The van der Waals surface area contributed by atoms with Crippen LogP contribution in [-0.2, 0) is 4.79 Å². The molecule has 0 saturated carbocycles. The summed E-state index contributed by atoms with van der Waals surface area (Å²) in [5, 5.41) is 33.1. The number of carbonyl (C=O) groups excluding carboxylic acids is 1. The second kappa shape index (κ2) is 32.3. The highest BCUT2D eigenvalue weighted by Gasteiger charge is 2.21. The minimum atomic E-state index is -0.741. The molecular weight excluding hydrogens is 510 g/mol. The Morgan fingerprint density at radius 2 is 0.829 bits per heavy atom. The van der Waals surface area contributed by atoms with Crippen molar-refractivity contribution in [1.29, 1.82) is 0 Å². The van der Waals surface area contributed by atoms with Crippen LogP contribution < -0.4 is 5.32 Å². The Kier molecular flexibility index (Phi) is 31.8. The van der Waals surface area contributed by atoms with E-state index in [1.54, 1.807) is 0 Å². The van der Waals surface area contributed by atoms with Gasteiger partial charge in [0.1, 0.15) is 0 Å². The standard InChI is InChI=1S/C36H73NO4/c1-3-5-7-9-11-13-15-16-17-18-19-20-22-24-26-28-30-35(40)34(32-38)37-36(41)31-33(39)29-27-25-23-21-14-12-10-8-6-4-2/h33-35,38-40H,3-32H2,1-2H3,(H,37,41). The van der Waals surface area contributed by atoms with E-state index in [1.165, 1.54) is 141 Å². The highest BCUT2D eigenvalue weighted by Crippen LogP contribution is 2.16. The molecule has 0 saturated heterocycles. The van der Waals surface area contributed by atoms with E-state index < -0.39 is 18.2 Å². The normalized spacial score (nSPS) is 13.8. The zero-order chi connectivity index (χ0) is 30.2. The van der Waals surface area contributed by atoms with Gasteiger partial charge in [-0.1, -0.05) is 181 Å². The summed E-state index contributed by atoms with van der Waals surface area (Å²) in [6.07, 6.45) is 33.4. The summed E-state index contributed by atoms with van der Waals surface area (Å²) in [5.74, 6) is -0.283. The molecule has 5 heteroatoms. The van der Waals surface area contributed by atoms with E-state index in [2.05, 4.69) is 19.2 Å². The van der Waals surface area contributed by atoms with E-state index in [-0.39, 0.29) is 18.9 Å². The summed E-state index contributed by atoms with van der Waals surface area (Å²) in [6.45, 7) is 4.24. The van der Waals surface area contributed by atoms with Crippen LogP contribution in [-0.4, -0.2) is 46.1 Å². The van der Waals surface area contributed by atoms with Gasteiger partial charge in [-0.05, 0) is 12.8 Å². The molecule has 0 heterocycles. The van der Waals surface area contributed by atoms with Gasteiger partial charge >= 0.3 is 0 Å². The van der Waals surface area contributed by atoms with Gasteiger partial charge in [0, 0.05) is 0 Å². The maximum absolute atomic E-state index is 12.3. The van der Waals surface area contributed by atoms with Gasteiger partial charge in [0.15, 0.2) is 0 Å². The molecule has 41 heavy (non-hydrogen) atoms. The average Bonchev–Trinajstić information content (AvgIpc) is 2.96. The van der Waals surface area contributed by atoms with Crippen molar-refractivity contribution >= 4 is 5.91 Å². The minimum absolute atomic E-state index is 0.0414.